The summed E-state index contributed by atoms with van der Waals surface area (Å²) in [7, 11) is 0. The molecule has 0 heterocycles. The zero-order valence-electron chi connectivity index (χ0n) is 44.1. The van der Waals surface area contributed by atoms with Crippen LogP contribution in [0.2, 0.25) is 0 Å². The molecule has 75 heavy (non-hydrogen) atoms. The van der Waals surface area contributed by atoms with E-state index in [2.05, 4.69) is 262 Å². The van der Waals surface area contributed by atoms with Gasteiger partial charge in [-0.05, 0) is 200 Å². The molecule has 0 atom stereocenters. The summed E-state index contributed by atoms with van der Waals surface area (Å²) >= 11 is 0. The van der Waals surface area contributed by atoms with Gasteiger partial charge in [-0.25, -0.2) is 0 Å². The van der Waals surface area contributed by atoms with E-state index >= 15 is 0 Å². The average molecular weight is 959 g/mol. The first-order valence-electron chi connectivity index (χ1n) is 27.0. The van der Waals surface area contributed by atoms with E-state index in [0.717, 1.165) is 0 Å². The zero-order valence-corrected chi connectivity index (χ0v) is 44.1. The third kappa shape index (κ3) is 6.24. The van der Waals surface area contributed by atoms with E-state index in [1.807, 2.05) is 0 Å². The van der Waals surface area contributed by atoms with E-state index in [1.165, 1.54) is 165 Å². The molecule has 0 aromatic heterocycles. The molecule has 0 amide bonds. The second-order valence-corrected chi connectivity index (χ2v) is 24.3. The summed E-state index contributed by atoms with van der Waals surface area (Å²) in [6, 6.07) is 79.5. The predicted molar refractivity (Wildman–Crippen MR) is 324 cm³/mol. The van der Waals surface area contributed by atoms with E-state index in [-0.39, 0.29) is 16.2 Å². The molecule has 2 aliphatic rings. The molecule has 13 aromatic carbocycles. The van der Waals surface area contributed by atoms with Crippen LogP contribution in [0.15, 0.2) is 206 Å². The Kier molecular flexibility index (Phi) is 9.06. The summed E-state index contributed by atoms with van der Waals surface area (Å²) < 4.78 is 0. The molecule has 0 fully saturated rings. The van der Waals surface area contributed by atoms with Crippen molar-refractivity contribution in [1.82, 2.24) is 0 Å². The molecule has 0 spiro atoms. The molecule has 0 nitrogen and oxygen atoms in total. The van der Waals surface area contributed by atoms with Crippen LogP contribution in [0.4, 0.5) is 0 Å². The van der Waals surface area contributed by atoms with Crippen molar-refractivity contribution in [3.63, 3.8) is 0 Å². The first kappa shape index (κ1) is 44.2. The van der Waals surface area contributed by atoms with Gasteiger partial charge < -0.3 is 0 Å². The van der Waals surface area contributed by atoms with Crippen molar-refractivity contribution in [3.05, 3.63) is 229 Å². The predicted octanol–water partition coefficient (Wildman–Crippen LogP) is 21.3. The molecule has 0 heteroatoms. The Bertz CT molecular complexity index is 4440. The van der Waals surface area contributed by atoms with Crippen LogP contribution < -0.4 is 0 Å². The molecule has 2 aliphatic carbocycles. The summed E-state index contributed by atoms with van der Waals surface area (Å²) in [5, 5.41) is 16.0. The summed E-state index contributed by atoms with van der Waals surface area (Å²) in [5.74, 6) is 0. The molecule has 0 bridgehead atoms. The quantitative estimate of drug-likeness (QED) is 0.122. The van der Waals surface area contributed by atoms with Gasteiger partial charge in [0.25, 0.3) is 0 Å². The van der Waals surface area contributed by atoms with Crippen LogP contribution in [0.5, 0.6) is 0 Å². The number of hydrogen-bond acceptors (Lipinski definition) is 0. The van der Waals surface area contributed by atoms with Crippen molar-refractivity contribution < 1.29 is 0 Å². The highest BCUT2D eigenvalue weighted by atomic mass is 14.4. The lowest BCUT2D eigenvalue weighted by molar-refractivity contribution is 0.590. The largest absolute Gasteiger partial charge is 0.0622 e. The highest BCUT2D eigenvalue weighted by Gasteiger charge is 2.38. The highest BCUT2D eigenvalue weighted by molar-refractivity contribution is 6.39. The van der Waals surface area contributed by atoms with Crippen LogP contribution in [-0.4, -0.2) is 0 Å². The summed E-state index contributed by atoms with van der Waals surface area (Å²) in [6.45, 7) is 18.7. The molecular formula is C75H58. The van der Waals surface area contributed by atoms with Gasteiger partial charge in [0.2, 0.25) is 0 Å². The lowest BCUT2D eigenvalue weighted by Gasteiger charge is -2.24. The Morgan fingerprint density at radius 2 is 0.720 bits per heavy atom. The first-order valence-corrected chi connectivity index (χ1v) is 27.0. The fourth-order valence-corrected chi connectivity index (χ4v) is 13.9. The Labute approximate surface area is 440 Å². The van der Waals surface area contributed by atoms with Crippen molar-refractivity contribution in [3.8, 4) is 77.9 Å². The van der Waals surface area contributed by atoms with E-state index in [0.29, 0.717) is 0 Å². The third-order valence-corrected chi connectivity index (χ3v) is 17.7. The lowest BCUT2D eigenvalue weighted by Crippen LogP contribution is -2.15. The molecule has 0 N–H and O–H groups in total. The number of benzene rings is 13. The standard InChI is InChI=1S/C75H58/c1-73(2,3)47-30-25-44(26-31-47)67-51-21-14-15-22-52(51)68(45-27-32-48(33-28-45)74(4,5)6)63-41-61-56-37-38-57-64-42-66-70(59-24-16-23-53(69(59)64)54-35-36-55(72(56)71(54)57)60(61)40-62(63)67)58-34-29-46(39-65(58)75(66,7)8)50-20-13-12-19-49(50)43-17-10-9-11-18-43/h9-42H,1-8H3. The minimum atomic E-state index is -0.215. The van der Waals surface area contributed by atoms with Gasteiger partial charge in [-0.1, -0.05) is 237 Å². The monoisotopic (exact) mass is 958 g/mol. The van der Waals surface area contributed by atoms with Crippen LogP contribution in [0.25, 0.3) is 143 Å². The van der Waals surface area contributed by atoms with Crippen LogP contribution >= 0.6 is 0 Å². The average Bonchev–Trinajstić information content (AvgIpc) is 4.08. The second-order valence-electron chi connectivity index (χ2n) is 24.3. The van der Waals surface area contributed by atoms with E-state index in [4.69, 9.17) is 0 Å². The SMILES string of the molecule is CC(C)(C)c1ccc(-c2c3ccccc3c(-c3ccc(C(C)(C)C)cc3)c3cc4c(cc23)-c2ccc3c5cccc6c7c(cc(c8ccc-4c2c38)c65)C(C)(C)c2cc(-c3ccccc3-c3ccccc3)ccc2-7)cc1. The van der Waals surface area contributed by atoms with Gasteiger partial charge in [0.05, 0.1) is 0 Å². The first-order chi connectivity index (χ1) is 36.2. The smallest absolute Gasteiger partial charge is 0.0159 e. The van der Waals surface area contributed by atoms with Crippen LogP contribution in [0.3, 0.4) is 0 Å². The Hall–Kier alpha value is -8.32. The number of rotatable bonds is 4. The lowest BCUT2D eigenvalue weighted by atomic mass is 9.79. The molecule has 0 saturated carbocycles. The van der Waals surface area contributed by atoms with Crippen molar-refractivity contribution in [1.29, 1.82) is 0 Å². The van der Waals surface area contributed by atoms with Gasteiger partial charge >= 0.3 is 0 Å². The molecular weight excluding hydrogens is 901 g/mol. The molecule has 15 rings (SSSR count). The van der Waals surface area contributed by atoms with Crippen LogP contribution in [-0.2, 0) is 16.2 Å². The maximum Gasteiger partial charge on any atom is 0.0159 e. The van der Waals surface area contributed by atoms with Gasteiger partial charge in [0.1, 0.15) is 0 Å². The molecule has 0 saturated heterocycles. The third-order valence-electron chi connectivity index (χ3n) is 17.7. The van der Waals surface area contributed by atoms with E-state index < -0.39 is 0 Å². The maximum atomic E-state index is 2.59. The summed E-state index contributed by atoms with van der Waals surface area (Å²) in [4.78, 5) is 0. The number of hydrogen-bond donors (Lipinski definition) is 0. The topological polar surface area (TPSA) is 0 Å². The van der Waals surface area contributed by atoms with Crippen LogP contribution in [0, 0.1) is 0 Å². The zero-order chi connectivity index (χ0) is 50.9. The van der Waals surface area contributed by atoms with E-state index in [9.17, 15) is 0 Å². The summed E-state index contributed by atoms with van der Waals surface area (Å²) in [6.07, 6.45) is 0. The minimum absolute atomic E-state index is 0.0604. The fraction of sp³-hybridized carbons (Fsp3) is 0.147. The van der Waals surface area contributed by atoms with Gasteiger partial charge in [0, 0.05) is 5.41 Å². The Morgan fingerprint density at radius 1 is 0.253 bits per heavy atom. The normalized spacial score (nSPS) is 13.7. The van der Waals surface area contributed by atoms with Gasteiger partial charge in [0.15, 0.2) is 0 Å². The maximum absolute atomic E-state index is 2.59. The summed E-state index contributed by atoms with van der Waals surface area (Å²) in [5.41, 5.74) is 23.6. The van der Waals surface area contributed by atoms with Crippen molar-refractivity contribution in [2.24, 2.45) is 0 Å². The van der Waals surface area contributed by atoms with Gasteiger partial charge in [-0.15, -0.1) is 0 Å². The van der Waals surface area contributed by atoms with Crippen molar-refractivity contribution in [2.75, 3.05) is 0 Å². The Balaban J connectivity index is 0.966. The molecule has 0 unspecified atom stereocenters. The van der Waals surface area contributed by atoms with Crippen molar-refractivity contribution in [2.45, 2.75) is 71.6 Å². The molecule has 0 radical (unpaired) electrons. The minimum Gasteiger partial charge on any atom is -0.0622 e. The second kappa shape index (κ2) is 15.4. The molecule has 13 aromatic rings. The van der Waals surface area contributed by atoms with Crippen LogP contribution in [0.1, 0.15) is 77.6 Å². The molecule has 0 aliphatic heterocycles. The van der Waals surface area contributed by atoms with Gasteiger partial charge in [-0.3, -0.25) is 0 Å². The fourth-order valence-electron chi connectivity index (χ4n) is 13.9. The molecule has 358 valence electrons. The van der Waals surface area contributed by atoms with E-state index in [1.54, 1.807) is 0 Å². The Morgan fingerprint density at radius 3 is 1.29 bits per heavy atom. The van der Waals surface area contributed by atoms with Crippen molar-refractivity contribution >= 4 is 64.6 Å². The highest BCUT2D eigenvalue weighted by Crippen LogP contribution is 2.59. The van der Waals surface area contributed by atoms with Gasteiger partial charge in [-0.2, -0.15) is 0 Å². The number of fused-ring (bicyclic) bond motifs is 11.